The molecule has 5 heteroatoms. The fourth-order valence-corrected chi connectivity index (χ4v) is 1.76. The number of hydrogen-bond acceptors (Lipinski definition) is 4. The molecular formula is C16H15N3O2. The highest BCUT2D eigenvalue weighted by Gasteiger charge is 2.06. The smallest absolute Gasteiger partial charge is 0.262 e. The average molecular weight is 281 g/mol. The first kappa shape index (κ1) is 14.4. The molecule has 0 fully saturated rings. The summed E-state index contributed by atoms with van der Waals surface area (Å²) in [6.45, 7) is 1.80. The van der Waals surface area contributed by atoms with E-state index in [9.17, 15) is 4.79 Å². The number of aryl methyl sites for hydroxylation is 1. The Balaban J connectivity index is 1.91. The minimum Gasteiger partial charge on any atom is -0.484 e. The van der Waals surface area contributed by atoms with Gasteiger partial charge in [0.15, 0.2) is 6.61 Å². The summed E-state index contributed by atoms with van der Waals surface area (Å²) in [4.78, 5) is 11.8. The predicted octanol–water partition coefficient (Wildman–Crippen LogP) is 2.47. The summed E-state index contributed by atoms with van der Waals surface area (Å²) in [6.07, 6.45) is 0. The van der Waals surface area contributed by atoms with Gasteiger partial charge >= 0.3 is 0 Å². The number of nitrogens with two attached hydrogens (primary N) is 1. The predicted molar refractivity (Wildman–Crippen MR) is 80.9 cm³/mol. The molecule has 0 saturated heterocycles. The van der Waals surface area contributed by atoms with Gasteiger partial charge in [0.05, 0.1) is 23.0 Å². The number of nitriles is 1. The molecule has 0 aromatic heterocycles. The van der Waals surface area contributed by atoms with Gasteiger partial charge in [-0.25, -0.2) is 0 Å². The van der Waals surface area contributed by atoms with Crippen LogP contribution in [0.15, 0.2) is 42.5 Å². The number of nitrogens with one attached hydrogen (secondary N) is 1. The summed E-state index contributed by atoms with van der Waals surface area (Å²) in [7, 11) is 0. The van der Waals surface area contributed by atoms with Crippen molar-refractivity contribution in [2.75, 3.05) is 17.7 Å². The summed E-state index contributed by atoms with van der Waals surface area (Å²) < 4.78 is 5.34. The lowest BCUT2D eigenvalue weighted by Gasteiger charge is -2.10. The van der Waals surface area contributed by atoms with Crippen molar-refractivity contribution in [2.45, 2.75) is 6.92 Å². The van der Waals surface area contributed by atoms with E-state index >= 15 is 0 Å². The number of benzene rings is 2. The molecule has 2 aromatic rings. The number of ether oxygens (including phenoxy) is 1. The lowest BCUT2D eigenvalue weighted by molar-refractivity contribution is -0.118. The SMILES string of the molecule is Cc1ccc(NC(=O)COc2ccc(C#N)cc2)c(N)c1. The van der Waals surface area contributed by atoms with E-state index in [0.717, 1.165) is 5.56 Å². The second kappa shape index (κ2) is 6.44. The third kappa shape index (κ3) is 3.98. The Labute approximate surface area is 123 Å². The number of nitrogens with zero attached hydrogens (tertiary/aromatic N) is 1. The topological polar surface area (TPSA) is 88.1 Å². The summed E-state index contributed by atoms with van der Waals surface area (Å²) in [6, 6.07) is 14.0. The first-order valence-electron chi connectivity index (χ1n) is 6.37. The van der Waals surface area contributed by atoms with Gasteiger partial charge in [-0.1, -0.05) is 6.07 Å². The molecule has 1 amide bonds. The molecule has 2 rings (SSSR count). The van der Waals surface area contributed by atoms with Gasteiger partial charge in [0, 0.05) is 0 Å². The molecule has 3 N–H and O–H groups in total. The van der Waals surface area contributed by atoms with Crippen LogP contribution in [0.5, 0.6) is 5.75 Å². The van der Waals surface area contributed by atoms with Crippen molar-refractivity contribution in [2.24, 2.45) is 0 Å². The van der Waals surface area contributed by atoms with Crippen LogP contribution < -0.4 is 15.8 Å². The fourth-order valence-electron chi connectivity index (χ4n) is 1.76. The van der Waals surface area contributed by atoms with Gasteiger partial charge in [-0.2, -0.15) is 5.26 Å². The zero-order chi connectivity index (χ0) is 15.2. The summed E-state index contributed by atoms with van der Waals surface area (Å²) in [5.74, 6) is 0.232. The Morgan fingerprint density at radius 1 is 1.29 bits per heavy atom. The Morgan fingerprint density at radius 2 is 2.00 bits per heavy atom. The Kier molecular flexibility index (Phi) is 4.42. The highest BCUT2D eigenvalue weighted by Crippen LogP contribution is 2.19. The minimum absolute atomic E-state index is 0.126. The normalized spacial score (nSPS) is 9.71. The van der Waals surface area contributed by atoms with Crippen LogP contribution in [-0.4, -0.2) is 12.5 Å². The molecule has 0 aliphatic heterocycles. The van der Waals surface area contributed by atoms with Crippen molar-refractivity contribution in [1.29, 1.82) is 5.26 Å². The quantitative estimate of drug-likeness (QED) is 0.843. The number of carbonyl (C=O) groups is 1. The van der Waals surface area contributed by atoms with Crippen LogP contribution in [0.4, 0.5) is 11.4 Å². The van der Waals surface area contributed by atoms with Crippen molar-refractivity contribution < 1.29 is 9.53 Å². The first-order chi connectivity index (χ1) is 10.1. The highest BCUT2D eigenvalue weighted by molar-refractivity contribution is 5.94. The number of anilines is 2. The standard InChI is InChI=1S/C16H15N3O2/c1-11-2-7-15(14(18)8-11)19-16(20)10-21-13-5-3-12(9-17)4-6-13/h2-8H,10,18H2,1H3,(H,19,20). The lowest BCUT2D eigenvalue weighted by Crippen LogP contribution is -2.20. The maximum Gasteiger partial charge on any atom is 0.262 e. The highest BCUT2D eigenvalue weighted by atomic mass is 16.5. The molecule has 21 heavy (non-hydrogen) atoms. The monoisotopic (exact) mass is 281 g/mol. The molecule has 5 nitrogen and oxygen atoms in total. The van der Waals surface area contributed by atoms with E-state index in [4.69, 9.17) is 15.7 Å². The van der Waals surface area contributed by atoms with Crippen LogP contribution in [0.1, 0.15) is 11.1 Å². The Bertz CT molecular complexity index is 688. The van der Waals surface area contributed by atoms with Crippen molar-refractivity contribution in [3.63, 3.8) is 0 Å². The zero-order valence-corrected chi connectivity index (χ0v) is 11.6. The number of nitrogen functional groups attached to an aromatic ring is 1. The lowest BCUT2D eigenvalue weighted by atomic mass is 10.2. The van der Waals surface area contributed by atoms with Gasteiger partial charge in [0.2, 0.25) is 0 Å². The molecule has 0 bridgehead atoms. The third-order valence-corrected chi connectivity index (χ3v) is 2.83. The van der Waals surface area contributed by atoms with Crippen LogP contribution in [0.3, 0.4) is 0 Å². The summed E-state index contributed by atoms with van der Waals surface area (Å²) in [5, 5.41) is 11.4. The number of hydrogen-bond donors (Lipinski definition) is 2. The second-order valence-corrected chi connectivity index (χ2v) is 4.56. The molecule has 0 atom stereocenters. The molecular weight excluding hydrogens is 266 g/mol. The van der Waals surface area contributed by atoms with E-state index < -0.39 is 0 Å². The molecule has 0 saturated carbocycles. The van der Waals surface area contributed by atoms with Gasteiger partial charge < -0.3 is 15.8 Å². The maximum atomic E-state index is 11.8. The Hall–Kier alpha value is -3.00. The third-order valence-electron chi connectivity index (χ3n) is 2.83. The van der Waals surface area contributed by atoms with E-state index in [0.29, 0.717) is 22.7 Å². The summed E-state index contributed by atoms with van der Waals surface area (Å²) in [5.41, 5.74) is 8.47. The molecule has 106 valence electrons. The Morgan fingerprint density at radius 3 is 2.62 bits per heavy atom. The van der Waals surface area contributed by atoms with E-state index in [1.54, 1.807) is 36.4 Å². The number of rotatable bonds is 4. The van der Waals surface area contributed by atoms with Crippen molar-refractivity contribution in [3.05, 3.63) is 53.6 Å². The van der Waals surface area contributed by atoms with E-state index in [-0.39, 0.29) is 12.5 Å². The number of amides is 1. The number of carbonyl (C=O) groups excluding carboxylic acids is 1. The fraction of sp³-hybridized carbons (Fsp3) is 0.125. The van der Waals surface area contributed by atoms with E-state index in [1.807, 2.05) is 19.1 Å². The van der Waals surface area contributed by atoms with Gasteiger partial charge in [-0.15, -0.1) is 0 Å². The second-order valence-electron chi connectivity index (χ2n) is 4.56. The van der Waals surface area contributed by atoms with Crippen LogP contribution in [0.25, 0.3) is 0 Å². The van der Waals surface area contributed by atoms with Crippen LogP contribution in [-0.2, 0) is 4.79 Å². The van der Waals surface area contributed by atoms with Crippen molar-refractivity contribution in [1.82, 2.24) is 0 Å². The largest absolute Gasteiger partial charge is 0.484 e. The van der Waals surface area contributed by atoms with Gasteiger partial charge in [-0.05, 0) is 48.9 Å². The molecule has 0 radical (unpaired) electrons. The van der Waals surface area contributed by atoms with Crippen LogP contribution >= 0.6 is 0 Å². The molecule has 0 aliphatic carbocycles. The van der Waals surface area contributed by atoms with Gasteiger partial charge in [-0.3, -0.25) is 4.79 Å². The van der Waals surface area contributed by atoms with Crippen LogP contribution in [0, 0.1) is 18.3 Å². The van der Waals surface area contributed by atoms with E-state index in [1.165, 1.54) is 0 Å². The van der Waals surface area contributed by atoms with E-state index in [2.05, 4.69) is 5.32 Å². The average Bonchev–Trinajstić information content (AvgIpc) is 2.48. The molecule has 2 aromatic carbocycles. The van der Waals surface area contributed by atoms with Gasteiger partial charge in [0.25, 0.3) is 5.91 Å². The van der Waals surface area contributed by atoms with Crippen LogP contribution in [0.2, 0.25) is 0 Å². The molecule has 0 unspecified atom stereocenters. The first-order valence-corrected chi connectivity index (χ1v) is 6.37. The van der Waals surface area contributed by atoms with Crippen molar-refractivity contribution >= 4 is 17.3 Å². The zero-order valence-electron chi connectivity index (χ0n) is 11.6. The minimum atomic E-state index is -0.296. The molecule has 0 heterocycles. The maximum absolute atomic E-state index is 11.8. The summed E-state index contributed by atoms with van der Waals surface area (Å²) >= 11 is 0. The van der Waals surface area contributed by atoms with Gasteiger partial charge in [0.1, 0.15) is 5.75 Å². The molecule has 0 aliphatic rings. The van der Waals surface area contributed by atoms with Crippen molar-refractivity contribution in [3.8, 4) is 11.8 Å². The molecule has 0 spiro atoms.